The van der Waals surface area contributed by atoms with Crippen LogP contribution >= 0.6 is 11.8 Å². The van der Waals surface area contributed by atoms with Crippen molar-refractivity contribution in [3.05, 3.63) is 54.1 Å². The molecule has 2 heterocycles. The van der Waals surface area contributed by atoms with Crippen LogP contribution in [0.2, 0.25) is 0 Å². The average molecular weight is 424 g/mol. The maximum Gasteiger partial charge on any atom is 0.260 e. The molecular weight excluding hydrogens is 398 g/mol. The number of ether oxygens (including phenoxy) is 1. The number of carbonyl (C=O) groups excluding carboxylic acids is 2. The highest BCUT2D eigenvalue weighted by Gasteiger charge is 2.33. The smallest absolute Gasteiger partial charge is 0.260 e. The minimum atomic E-state index is -0.0839. The van der Waals surface area contributed by atoms with Crippen LogP contribution in [0.1, 0.15) is 37.0 Å². The van der Waals surface area contributed by atoms with Crippen molar-refractivity contribution in [3.63, 3.8) is 0 Å². The Morgan fingerprint density at radius 2 is 1.97 bits per heavy atom. The van der Waals surface area contributed by atoms with Gasteiger partial charge in [0.25, 0.3) is 5.91 Å². The third kappa shape index (κ3) is 4.07. The molecule has 0 saturated carbocycles. The third-order valence-electron chi connectivity index (χ3n) is 5.20. The summed E-state index contributed by atoms with van der Waals surface area (Å²) < 4.78 is 5.67. The summed E-state index contributed by atoms with van der Waals surface area (Å²) in [7, 11) is 0. The third-order valence-corrected chi connectivity index (χ3v) is 6.40. The summed E-state index contributed by atoms with van der Waals surface area (Å²) >= 11 is 1.57. The molecule has 0 aromatic heterocycles. The number of hydrogen-bond donors (Lipinski definition) is 0. The summed E-state index contributed by atoms with van der Waals surface area (Å²) in [6.07, 6.45) is 1.47. The lowest BCUT2D eigenvalue weighted by molar-refractivity contribution is -0.117. The second-order valence-corrected chi connectivity index (χ2v) is 8.31. The molecule has 156 valence electrons. The zero-order chi connectivity index (χ0) is 21.1. The van der Waals surface area contributed by atoms with Gasteiger partial charge in [-0.2, -0.15) is 0 Å². The van der Waals surface area contributed by atoms with Crippen LogP contribution in [0, 0.1) is 0 Å². The van der Waals surface area contributed by atoms with Gasteiger partial charge >= 0.3 is 0 Å². The van der Waals surface area contributed by atoms with Gasteiger partial charge in [0.1, 0.15) is 11.4 Å². The second-order valence-electron chi connectivity index (χ2n) is 7.33. The van der Waals surface area contributed by atoms with Crippen LogP contribution in [-0.2, 0) is 4.79 Å². The molecule has 2 aliphatic heterocycles. The molecule has 0 N–H and O–H groups in total. The van der Waals surface area contributed by atoms with Crippen molar-refractivity contribution in [2.45, 2.75) is 32.7 Å². The number of thioether (sulfide) groups is 1. The zero-order valence-electron chi connectivity index (χ0n) is 17.2. The molecule has 0 aliphatic carbocycles. The van der Waals surface area contributed by atoms with E-state index in [1.165, 1.54) is 0 Å². The van der Waals surface area contributed by atoms with E-state index >= 15 is 0 Å². The zero-order valence-corrected chi connectivity index (χ0v) is 18.0. The minimum Gasteiger partial charge on any atom is -0.492 e. The SMILES string of the molecule is CCOc1ccccc1N=C1SCC(C)N1C(=O)c1ccc(N2CCCC2=O)cc1. The molecular formula is C23H25N3O3S. The molecule has 1 atom stereocenters. The number of amides is 2. The fourth-order valence-electron chi connectivity index (χ4n) is 3.68. The Labute approximate surface area is 180 Å². The monoisotopic (exact) mass is 423 g/mol. The van der Waals surface area contributed by atoms with Crippen molar-refractivity contribution in [2.75, 3.05) is 23.8 Å². The number of benzene rings is 2. The molecule has 0 radical (unpaired) electrons. The first kappa shape index (κ1) is 20.5. The van der Waals surface area contributed by atoms with Crippen molar-refractivity contribution < 1.29 is 14.3 Å². The molecule has 2 aromatic carbocycles. The fraction of sp³-hybridized carbons (Fsp3) is 0.348. The first-order chi connectivity index (χ1) is 14.6. The van der Waals surface area contributed by atoms with Crippen LogP contribution in [0.15, 0.2) is 53.5 Å². The Hall–Kier alpha value is -2.80. The lowest BCUT2D eigenvalue weighted by Gasteiger charge is -2.22. The number of aliphatic imine (C=N–C) groups is 1. The number of carbonyl (C=O) groups is 2. The van der Waals surface area contributed by atoms with Crippen LogP contribution in [0.3, 0.4) is 0 Å². The van der Waals surface area contributed by atoms with Gasteiger partial charge in [-0.1, -0.05) is 23.9 Å². The standard InChI is InChI=1S/C23H25N3O3S/c1-3-29-20-8-5-4-7-19(20)24-23-26(16(2)15-30-23)22(28)17-10-12-18(13-11-17)25-14-6-9-21(25)27/h4-5,7-8,10-13,16H,3,6,9,14-15H2,1-2H3. The van der Waals surface area contributed by atoms with E-state index in [9.17, 15) is 9.59 Å². The van der Waals surface area contributed by atoms with Crippen LogP contribution in [0.25, 0.3) is 0 Å². The lowest BCUT2D eigenvalue weighted by Crippen LogP contribution is -2.37. The molecule has 2 aromatic rings. The highest BCUT2D eigenvalue weighted by Crippen LogP contribution is 2.33. The van der Waals surface area contributed by atoms with Crippen LogP contribution in [0.5, 0.6) is 5.75 Å². The van der Waals surface area contributed by atoms with E-state index in [1.54, 1.807) is 33.7 Å². The highest BCUT2D eigenvalue weighted by atomic mass is 32.2. The van der Waals surface area contributed by atoms with Gasteiger partial charge in [-0.15, -0.1) is 0 Å². The quantitative estimate of drug-likeness (QED) is 0.712. The number of amidine groups is 1. The Kier molecular flexibility index (Phi) is 6.08. The van der Waals surface area contributed by atoms with Crippen LogP contribution in [-0.4, -0.2) is 46.8 Å². The molecule has 30 heavy (non-hydrogen) atoms. The topological polar surface area (TPSA) is 62.2 Å². The van der Waals surface area contributed by atoms with E-state index < -0.39 is 0 Å². The molecule has 2 saturated heterocycles. The molecule has 2 amide bonds. The van der Waals surface area contributed by atoms with E-state index in [2.05, 4.69) is 0 Å². The number of hydrogen-bond acceptors (Lipinski definition) is 5. The van der Waals surface area contributed by atoms with Gasteiger partial charge in [-0.25, -0.2) is 4.99 Å². The van der Waals surface area contributed by atoms with Gasteiger partial charge < -0.3 is 9.64 Å². The molecule has 4 rings (SSSR count). The summed E-state index contributed by atoms with van der Waals surface area (Å²) in [5.74, 6) is 1.56. The lowest BCUT2D eigenvalue weighted by atomic mass is 10.1. The summed E-state index contributed by atoms with van der Waals surface area (Å²) in [5, 5.41) is 0.679. The van der Waals surface area contributed by atoms with E-state index in [0.717, 1.165) is 30.1 Å². The van der Waals surface area contributed by atoms with E-state index in [0.29, 0.717) is 29.5 Å². The Bertz CT molecular complexity index is 974. The van der Waals surface area contributed by atoms with Gasteiger partial charge in [0.15, 0.2) is 5.17 Å². The van der Waals surface area contributed by atoms with Gasteiger partial charge in [0.2, 0.25) is 5.91 Å². The molecule has 2 aliphatic rings. The maximum atomic E-state index is 13.3. The average Bonchev–Trinajstić information content (AvgIpc) is 3.34. The fourth-order valence-corrected chi connectivity index (χ4v) is 4.78. The molecule has 0 bridgehead atoms. The van der Waals surface area contributed by atoms with Gasteiger partial charge in [0, 0.05) is 36.0 Å². The maximum absolute atomic E-state index is 13.3. The first-order valence-corrected chi connectivity index (χ1v) is 11.2. The summed E-state index contributed by atoms with van der Waals surface area (Å²) in [5.41, 5.74) is 2.15. The Balaban J connectivity index is 1.58. The molecule has 0 spiro atoms. The number of anilines is 1. The second kappa shape index (κ2) is 8.92. The molecule has 2 fully saturated rings. The van der Waals surface area contributed by atoms with E-state index in [4.69, 9.17) is 9.73 Å². The summed E-state index contributed by atoms with van der Waals surface area (Å²) in [4.78, 5) is 33.5. The highest BCUT2D eigenvalue weighted by molar-refractivity contribution is 8.14. The minimum absolute atomic E-state index is 0.0420. The number of para-hydroxylation sites is 2. The van der Waals surface area contributed by atoms with Gasteiger partial charge in [-0.05, 0) is 56.7 Å². The van der Waals surface area contributed by atoms with Crippen LogP contribution in [0.4, 0.5) is 11.4 Å². The Morgan fingerprint density at radius 1 is 1.20 bits per heavy atom. The molecule has 7 heteroatoms. The summed E-state index contributed by atoms with van der Waals surface area (Å²) in [6, 6.07) is 14.9. The van der Waals surface area contributed by atoms with Crippen LogP contribution < -0.4 is 9.64 Å². The van der Waals surface area contributed by atoms with Gasteiger partial charge in [-0.3, -0.25) is 14.5 Å². The number of rotatable bonds is 5. The van der Waals surface area contributed by atoms with Crippen molar-refractivity contribution in [2.24, 2.45) is 4.99 Å². The van der Waals surface area contributed by atoms with E-state index in [1.807, 2.05) is 50.2 Å². The van der Waals surface area contributed by atoms with Gasteiger partial charge in [0.05, 0.1) is 6.61 Å². The molecule has 1 unspecified atom stereocenters. The molecule has 6 nitrogen and oxygen atoms in total. The number of nitrogens with zero attached hydrogens (tertiary/aromatic N) is 3. The Morgan fingerprint density at radius 3 is 2.67 bits per heavy atom. The summed E-state index contributed by atoms with van der Waals surface area (Å²) in [6.45, 7) is 5.26. The normalized spacial score (nSPS) is 20.3. The van der Waals surface area contributed by atoms with Crippen molar-refractivity contribution in [3.8, 4) is 5.75 Å². The van der Waals surface area contributed by atoms with Crippen molar-refractivity contribution in [1.29, 1.82) is 0 Å². The van der Waals surface area contributed by atoms with E-state index in [-0.39, 0.29) is 17.9 Å². The largest absolute Gasteiger partial charge is 0.492 e. The predicted molar refractivity (Wildman–Crippen MR) is 121 cm³/mol. The first-order valence-electron chi connectivity index (χ1n) is 10.3. The predicted octanol–water partition coefficient (Wildman–Crippen LogP) is 4.48. The van der Waals surface area contributed by atoms with Crippen molar-refractivity contribution >= 4 is 40.1 Å². The van der Waals surface area contributed by atoms with Crippen molar-refractivity contribution in [1.82, 2.24) is 4.90 Å².